The zero-order valence-electron chi connectivity index (χ0n) is 18.2. The van der Waals surface area contributed by atoms with E-state index in [4.69, 9.17) is 4.43 Å². The second kappa shape index (κ2) is 10.5. The van der Waals surface area contributed by atoms with E-state index in [1.165, 1.54) is 11.1 Å². The van der Waals surface area contributed by atoms with Gasteiger partial charge >= 0.3 is 0 Å². The fraction of sp³-hybridized carbons (Fsp3) is 0.727. The molecule has 146 valence electrons. The molecule has 25 heavy (non-hydrogen) atoms. The fourth-order valence-corrected chi connectivity index (χ4v) is 3.82. The van der Waals surface area contributed by atoms with Gasteiger partial charge in [0.25, 0.3) is 0 Å². The Kier molecular flexibility index (Phi) is 10.2. The lowest BCUT2D eigenvalue weighted by Crippen LogP contribution is -2.44. The SMILES string of the molecule is C=C(C)C(CCC(C)=CCCC(C)=CC(C)O)O[Si](C)(C)C(C)(C)C. The molecule has 0 fully saturated rings. The van der Waals surface area contributed by atoms with Gasteiger partial charge in [0.2, 0.25) is 0 Å². The van der Waals surface area contributed by atoms with E-state index in [-0.39, 0.29) is 17.2 Å². The predicted molar refractivity (Wildman–Crippen MR) is 115 cm³/mol. The summed E-state index contributed by atoms with van der Waals surface area (Å²) in [6, 6.07) is 0. The molecule has 2 nitrogen and oxygen atoms in total. The quantitative estimate of drug-likeness (QED) is 0.341. The second-order valence-corrected chi connectivity index (χ2v) is 13.9. The Morgan fingerprint density at radius 1 is 1.12 bits per heavy atom. The van der Waals surface area contributed by atoms with Crippen LogP contribution in [0.4, 0.5) is 0 Å². The molecule has 0 aliphatic heterocycles. The number of aliphatic hydroxyl groups is 1. The van der Waals surface area contributed by atoms with Gasteiger partial charge in [0.15, 0.2) is 8.32 Å². The molecule has 0 aromatic carbocycles. The number of hydrogen-bond donors (Lipinski definition) is 1. The zero-order chi connectivity index (χ0) is 19.8. The van der Waals surface area contributed by atoms with Crippen molar-refractivity contribution in [2.45, 2.75) is 104 Å². The Morgan fingerprint density at radius 2 is 1.68 bits per heavy atom. The first-order chi connectivity index (χ1) is 11.3. The maximum Gasteiger partial charge on any atom is 0.192 e. The Labute approximate surface area is 158 Å². The van der Waals surface area contributed by atoms with Crippen LogP contribution in [0.3, 0.4) is 0 Å². The largest absolute Gasteiger partial charge is 0.410 e. The second-order valence-electron chi connectivity index (χ2n) is 9.09. The van der Waals surface area contributed by atoms with Crippen LogP contribution in [0, 0.1) is 0 Å². The highest BCUT2D eigenvalue weighted by Crippen LogP contribution is 2.38. The molecule has 0 saturated heterocycles. The molecular weight excluding hydrogens is 324 g/mol. The van der Waals surface area contributed by atoms with E-state index < -0.39 is 8.32 Å². The first-order valence-electron chi connectivity index (χ1n) is 9.60. The smallest absolute Gasteiger partial charge is 0.192 e. The van der Waals surface area contributed by atoms with Crippen LogP contribution in [0.1, 0.15) is 74.1 Å². The summed E-state index contributed by atoms with van der Waals surface area (Å²) in [5.41, 5.74) is 3.79. The van der Waals surface area contributed by atoms with Crippen molar-refractivity contribution in [2.24, 2.45) is 0 Å². The summed E-state index contributed by atoms with van der Waals surface area (Å²) < 4.78 is 6.58. The van der Waals surface area contributed by atoms with Gasteiger partial charge in [0.05, 0.1) is 12.2 Å². The molecule has 0 radical (unpaired) electrons. The monoisotopic (exact) mass is 366 g/mol. The third-order valence-corrected chi connectivity index (χ3v) is 9.64. The van der Waals surface area contributed by atoms with Gasteiger partial charge in [-0.25, -0.2) is 0 Å². The van der Waals surface area contributed by atoms with E-state index in [0.29, 0.717) is 0 Å². The number of aliphatic hydroxyl groups excluding tert-OH is 1. The van der Waals surface area contributed by atoms with Gasteiger partial charge in [0.1, 0.15) is 0 Å². The van der Waals surface area contributed by atoms with Crippen molar-refractivity contribution in [1.82, 2.24) is 0 Å². The summed E-state index contributed by atoms with van der Waals surface area (Å²) in [6.45, 7) is 23.8. The highest BCUT2D eigenvalue weighted by Gasteiger charge is 2.39. The molecule has 0 aromatic heterocycles. The molecule has 3 heteroatoms. The summed E-state index contributed by atoms with van der Waals surface area (Å²) in [7, 11) is -1.77. The van der Waals surface area contributed by atoms with Gasteiger partial charge in [-0.3, -0.25) is 0 Å². The van der Waals surface area contributed by atoms with Gasteiger partial charge in [-0.05, 0) is 71.5 Å². The van der Waals surface area contributed by atoms with Crippen LogP contribution < -0.4 is 0 Å². The average molecular weight is 367 g/mol. The topological polar surface area (TPSA) is 29.5 Å². The van der Waals surface area contributed by atoms with Crippen LogP contribution >= 0.6 is 0 Å². The molecule has 1 N–H and O–H groups in total. The molecule has 0 aliphatic rings. The Hall–Kier alpha value is -0.643. The van der Waals surface area contributed by atoms with Crippen molar-refractivity contribution in [2.75, 3.05) is 0 Å². The van der Waals surface area contributed by atoms with Crippen LogP contribution in [0.2, 0.25) is 18.1 Å². The molecular formula is C22H42O2Si. The molecule has 0 saturated carbocycles. The molecule has 0 aromatic rings. The van der Waals surface area contributed by atoms with E-state index in [2.05, 4.69) is 67.3 Å². The summed E-state index contributed by atoms with van der Waals surface area (Å²) in [5.74, 6) is 0. The van der Waals surface area contributed by atoms with E-state index in [0.717, 1.165) is 31.3 Å². The first kappa shape index (κ1) is 24.4. The van der Waals surface area contributed by atoms with Crippen molar-refractivity contribution in [3.05, 3.63) is 35.5 Å². The van der Waals surface area contributed by atoms with Gasteiger partial charge in [-0.15, -0.1) is 0 Å². The number of hydrogen-bond acceptors (Lipinski definition) is 2. The van der Waals surface area contributed by atoms with Crippen LogP contribution in [0.5, 0.6) is 0 Å². The third-order valence-electron chi connectivity index (χ3n) is 5.15. The molecule has 0 spiro atoms. The Morgan fingerprint density at radius 3 is 2.12 bits per heavy atom. The minimum absolute atomic E-state index is 0.154. The predicted octanol–water partition coefficient (Wildman–Crippen LogP) is 6.79. The van der Waals surface area contributed by atoms with E-state index >= 15 is 0 Å². The molecule has 0 rings (SSSR count). The van der Waals surface area contributed by atoms with Crippen molar-refractivity contribution >= 4 is 8.32 Å². The minimum Gasteiger partial charge on any atom is -0.410 e. The lowest BCUT2D eigenvalue weighted by molar-refractivity contribution is 0.204. The summed E-state index contributed by atoms with van der Waals surface area (Å²) in [6.07, 6.45) is 8.14. The van der Waals surface area contributed by atoms with E-state index in [1.54, 1.807) is 6.92 Å². The normalized spacial score (nSPS) is 16.7. The van der Waals surface area contributed by atoms with Crippen molar-refractivity contribution in [3.63, 3.8) is 0 Å². The van der Waals surface area contributed by atoms with Gasteiger partial charge in [-0.2, -0.15) is 0 Å². The molecule has 2 atom stereocenters. The van der Waals surface area contributed by atoms with Crippen LogP contribution in [-0.2, 0) is 4.43 Å². The summed E-state index contributed by atoms with van der Waals surface area (Å²) in [5, 5.41) is 9.59. The minimum atomic E-state index is -1.77. The third kappa shape index (κ3) is 10.2. The molecule has 0 amide bonds. The highest BCUT2D eigenvalue weighted by molar-refractivity contribution is 6.74. The summed E-state index contributed by atoms with van der Waals surface area (Å²) in [4.78, 5) is 0. The van der Waals surface area contributed by atoms with Crippen LogP contribution in [0.15, 0.2) is 35.5 Å². The fourth-order valence-electron chi connectivity index (χ4n) is 2.44. The molecule has 2 unspecified atom stereocenters. The van der Waals surface area contributed by atoms with E-state index in [9.17, 15) is 5.11 Å². The standard InChI is InChI=1S/C22H42O2Si/c1-17(2)21(24-25(9,10)22(6,7)8)15-14-18(3)12-11-13-19(4)16-20(5)23/h12,16,20-21,23H,1,11,13-15H2,2-10H3. The van der Waals surface area contributed by atoms with Crippen molar-refractivity contribution in [3.8, 4) is 0 Å². The Balaban J connectivity index is 4.62. The number of rotatable bonds is 10. The lowest BCUT2D eigenvalue weighted by atomic mass is 10.0. The maximum atomic E-state index is 9.37. The molecule has 0 aliphatic carbocycles. The maximum absolute atomic E-state index is 9.37. The van der Waals surface area contributed by atoms with Gasteiger partial charge < -0.3 is 9.53 Å². The van der Waals surface area contributed by atoms with Crippen LogP contribution in [-0.4, -0.2) is 25.6 Å². The molecule has 0 heterocycles. The average Bonchev–Trinajstić information content (AvgIpc) is 2.40. The molecule has 0 bridgehead atoms. The van der Waals surface area contributed by atoms with Gasteiger partial charge in [0, 0.05) is 0 Å². The van der Waals surface area contributed by atoms with Crippen molar-refractivity contribution < 1.29 is 9.53 Å². The Bertz CT molecular complexity index is 479. The van der Waals surface area contributed by atoms with E-state index in [1.807, 2.05) is 6.08 Å². The zero-order valence-corrected chi connectivity index (χ0v) is 19.2. The number of allylic oxidation sites excluding steroid dienone is 3. The lowest BCUT2D eigenvalue weighted by Gasteiger charge is -2.39. The van der Waals surface area contributed by atoms with Crippen molar-refractivity contribution in [1.29, 1.82) is 0 Å². The van der Waals surface area contributed by atoms with Crippen LogP contribution in [0.25, 0.3) is 0 Å². The highest BCUT2D eigenvalue weighted by atomic mass is 28.4. The summed E-state index contributed by atoms with van der Waals surface area (Å²) >= 11 is 0. The van der Waals surface area contributed by atoms with Gasteiger partial charge in [-0.1, -0.05) is 56.2 Å². The first-order valence-corrected chi connectivity index (χ1v) is 12.5.